The van der Waals surface area contributed by atoms with E-state index in [1.165, 1.54) is 12.1 Å². The van der Waals surface area contributed by atoms with Crippen molar-refractivity contribution in [1.29, 1.82) is 0 Å². The first-order valence-electron chi connectivity index (χ1n) is 7.88. The van der Waals surface area contributed by atoms with Gasteiger partial charge in [-0.15, -0.1) is 0 Å². The fourth-order valence-corrected chi connectivity index (χ4v) is 4.38. The highest BCUT2D eigenvalue weighted by atomic mass is 32.2. The number of aryl methyl sites for hydroxylation is 1. The van der Waals surface area contributed by atoms with Crippen LogP contribution in [0.5, 0.6) is 0 Å². The molecular formula is C16H20O7S. The monoisotopic (exact) mass is 356 g/mol. The zero-order chi connectivity index (χ0) is 17.1. The summed E-state index contributed by atoms with van der Waals surface area (Å²) >= 11 is 0. The maximum absolute atomic E-state index is 12.6. The smallest absolute Gasteiger partial charge is 0.297 e. The second kappa shape index (κ2) is 5.48. The average Bonchev–Trinajstić information content (AvgIpc) is 3.07. The minimum absolute atomic E-state index is 0.0861. The fourth-order valence-electron chi connectivity index (χ4n) is 3.31. The van der Waals surface area contributed by atoms with Crippen molar-refractivity contribution in [1.82, 2.24) is 0 Å². The Morgan fingerprint density at radius 2 is 1.79 bits per heavy atom. The highest BCUT2D eigenvalue weighted by Gasteiger charge is 2.60. The molecule has 24 heavy (non-hydrogen) atoms. The highest BCUT2D eigenvalue weighted by Crippen LogP contribution is 2.42. The zero-order valence-corrected chi connectivity index (χ0v) is 14.5. The largest absolute Gasteiger partial charge is 0.347 e. The summed E-state index contributed by atoms with van der Waals surface area (Å²) in [5.74, 6) is -0.821. The molecule has 0 amide bonds. The first kappa shape index (κ1) is 16.4. The molecule has 4 rings (SSSR count). The number of fused-ring (bicyclic) bond motifs is 4. The molecule has 5 atom stereocenters. The van der Waals surface area contributed by atoms with E-state index in [2.05, 4.69) is 0 Å². The summed E-state index contributed by atoms with van der Waals surface area (Å²) < 4.78 is 53.6. The second-order valence-corrected chi connectivity index (χ2v) is 8.34. The molecule has 0 spiro atoms. The highest BCUT2D eigenvalue weighted by molar-refractivity contribution is 7.86. The van der Waals surface area contributed by atoms with Gasteiger partial charge in [0.05, 0.1) is 11.5 Å². The maximum atomic E-state index is 12.6. The van der Waals surface area contributed by atoms with Crippen LogP contribution in [0.4, 0.5) is 0 Å². The topological polar surface area (TPSA) is 80.3 Å². The zero-order valence-electron chi connectivity index (χ0n) is 13.7. The second-order valence-electron chi connectivity index (χ2n) is 6.77. The summed E-state index contributed by atoms with van der Waals surface area (Å²) in [6.45, 7) is 5.78. The molecule has 0 unspecified atom stereocenters. The van der Waals surface area contributed by atoms with Crippen molar-refractivity contribution in [3.8, 4) is 0 Å². The molecule has 3 aliphatic rings. The van der Waals surface area contributed by atoms with Crippen LogP contribution < -0.4 is 0 Å². The standard InChI is InChI=1S/C16H20O7S/c1-9-4-6-10(7-5-9)24(17,18)23-14-13-12(21-16(2,3)22-13)11-8-19-15(14)20-11/h4-7,11-15H,8H2,1-3H3/t11-,12-,13+,14+,15-/m1/s1. The lowest BCUT2D eigenvalue weighted by Gasteiger charge is -2.34. The molecule has 3 saturated heterocycles. The number of rotatable bonds is 3. The van der Waals surface area contributed by atoms with E-state index in [-0.39, 0.29) is 11.0 Å². The lowest BCUT2D eigenvalue weighted by molar-refractivity contribution is -0.194. The Morgan fingerprint density at radius 3 is 2.50 bits per heavy atom. The van der Waals surface area contributed by atoms with E-state index in [0.29, 0.717) is 6.61 Å². The van der Waals surface area contributed by atoms with Gasteiger partial charge in [-0.3, -0.25) is 4.18 Å². The first-order valence-corrected chi connectivity index (χ1v) is 9.29. The van der Waals surface area contributed by atoms with Gasteiger partial charge in [0.2, 0.25) is 0 Å². The normalized spacial score (nSPS) is 37.4. The van der Waals surface area contributed by atoms with Crippen molar-refractivity contribution >= 4 is 10.1 Å². The van der Waals surface area contributed by atoms with E-state index in [4.69, 9.17) is 23.1 Å². The van der Waals surface area contributed by atoms with Gasteiger partial charge in [-0.2, -0.15) is 8.42 Å². The lowest BCUT2D eigenvalue weighted by atomic mass is 10.0. The molecular weight excluding hydrogens is 336 g/mol. The van der Waals surface area contributed by atoms with Gasteiger partial charge in [0, 0.05) is 0 Å². The molecule has 8 heteroatoms. The Labute approximate surface area is 140 Å². The van der Waals surface area contributed by atoms with Gasteiger partial charge in [-0.25, -0.2) is 0 Å². The Morgan fingerprint density at radius 1 is 1.12 bits per heavy atom. The van der Waals surface area contributed by atoms with Crippen LogP contribution in [0.3, 0.4) is 0 Å². The Hall–Kier alpha value is -1.03. The summed E-state index contributed by atoms with van der Waals surface area (Å²) in [5, 5.41) is 0. The SMILES string of the molecule is Cc1ccc(S(=O)(=O)O[C@@H]2[C@@H]3OC[C@@H](O3)[C@H]3OC(C)(C)O[C@H]23)cc1. The average molecular weight is 356 g/mol. The van der Waals surface area contributed by atoms with Gasteiger partial charge in [-0.1, -0.05) is 17.7 Å². The van der Waals surface area contributed by atoms with Crippen LogP contribution in [0, 0.1) is 6.92 Å². The molecule has 0 N–H and O–H groups in total. The summed E-state index contributed by atoms with van der Waals surface area (Å²) in [6.07, 6.45) is -2.96. The molecule has 0 radical (unpaired) electrons. The minimum Gasteiger partial charge on any atom is -0.347 e. The van der Waals surface area contributed by atoms with Crippen LogP contribution in [-0.4, -0.2) is 51.5 Å². The molecule has 3 heterocycles. The molecule has 0 aromatic heterocycles. The number of hydrogen-bond acceptors (Lipinski definition) is 7. The lowest BCUT2D eigenvalue weighted by Crippen LogP contribution is -2.53. The molecule has 2 bridgehead atoms. The van der Waals surface area contributed by atoms with E-state index in [0.717, 1.165) is 5.56 Å². The van der Waals surface area contributed by atoms with E-state index >= 15 is 0 Å². The van der Waals surface area contributed by atoms with E-state index in [1.807, 2.05) is 6.92 Å². The summed E-state index contributed by atoms with van der Waals surface area (Å²) in [6, 6.07) is 6.47. The third-order valence-corrected chi connectivity index (χ3v) is 5.73. The molecule has 3 aliphatic heterocycles. The summed E-state index contributed by atoms with van der Waals surface area (Å²) in [5.41, 5.74) is 0.964. The first-order chi connectivity index (χ1) is 11.3. The molecule has 0 saturated carbocycles. The summed E-state index contributed by atoms with van der Waals surface area (Å²) in [7, 11) is -3.97. The summed E-state index contributed by atoms with van der Waals surface area (Å²) in [4.78, 5) is 0.0861. The van der Waals surface area contributed by atoms with Crippen LogP contribution in [0.15, 0.2) is 29.2 Å². The van der Waals surface area contributed by atoms with Gasteiger partial charge < -0.3 is 18.9 Å². The molecule has 1 aromatic carbocycles. The third-order valence-electron chi connectivity index (χ3n) is 4.40. The van der Waals surface area contributed by atoms with Crippen LogP contribution in [-0.2, 0) is 33.2 Å². The molecule has 1 aromatic rings. The van der Waals surface area contributed by atoms with Crippen molar-refractivity contribution in [2.75, 3.05) is 6.61 Å². The predicted molar refractivity (Wildman–Crippen MR) is 81.7 cm³/mol. The number of benzene rings is 1. The van der Waals surface area contributed by atoms with Crippen molar-refractivity contribution < 1.29 is 31.5 Å². The number of hydrogen-bond donors (Lipinski definition) is 0. The quantitative estimate of drug-likeness (QED) is 0.756. The van der Waals surface area contributed by atoms with Crippen molar-refractivity contribution in [2.45, 2.75) is 62.2 Å². The van der Waals surface area contributed by atoms with Gasteiger partial charge >= 0.3 is 0 Å². The van der Waals surface area contributed by atoms with Crippen molar-refractivity contribution in [3.05, 3.63) is 29.8 Å². The van der Waals surface area contributed by atoms with Gasteiger partial charge in [0.1, 0.15) is 18.3 Å². The van der Waals surface area contributed by atoms with E-state index in [9.17, 15) is 8.42 Å². The molecule has 0 aliphatic carbocycles. The van der Waals surface area contributed by atoms with Gasteiger partial charge in [0.25, 0.3) is 10.1 Å². The van der Waals surface area contributed by atoms with E-state index in [1.54, 1.807) is 26.0 Å². The van der Waals surface area contributed by atoms with Gasteiger partial charge in [-0.05, 0) is 32.9 Å². The van der Waals surface area contributed by atoms with Crippen LogP contribution in [0.25, 0.3) is 0 Å². The fraction of sp³-hybridized carbons (Fsp3) is 0.625. The minimum atomic E-state index is -3.97. The Balaban J connectivity index is 1.62. The Kier molecular flexibility index (Phi) is 3.76. The third kappa shape index (κ3) is 2.77. The molecule has 132 valence electrons. The maximum Gasteiger partial charge on any atom is 0.297 e. The van der Waals surface area contributed by atoms with E-state index < -0.39 is 40.5 Å². The van der Waals surface area contributed by atoms with Crippen LogP contribution in [0.1, 0.15) is 19.4 Å². The Bertz CT molecular complexity index is 727. The van der Waals surface area contributed by atoms with Crippen LogP contribution in [0.2, 0.25) is 0 Å². The van der Waals surface area contributed by atoms with Gasteiger partial charge in [0.15, 0.2) is 18.2 Å². The predicted octanol–water partition coefficient (Wildman–Crippen LogP) is 1.34. The van der Waals surface area contributed by atoms with Crippen LogP contribution >= 0.6 is 0 Å². The molecule has 7 nitrogen and oxygen atoms in total. The molecule has 3 fully saturated rings. The van der Waals surface area contributed by atoms with Crippen molar-refractivity contribution in [3.63, 3.8) is 0 Å². The number of ether oxygens (including phenoxy) is 4. The van der Waals surface area contributed by atoms with Crippen molar-refractivity contribution in [2.24, 2.45) is 0 Å².